The first kappa shape index (κ1) is 16.0. The minimum Gasteiger partial charge on any atom is -0.394 e. The third-order valence-corrected chi connectivity index (χ3v) is 3.49. The zero-order chi connectivity index (χ0) is 15.6. The van der Waals surface area contributed by atoms with Crippen LogP contribution in [0.5, 0.6) is 0 Å². The first-order valence-corrected chi connectivity index (χ1v) is 6.82. The lowest BCUT2D eigenvalue weighted by molar-refractivity contribution is -0.163. The predicted octanol–water partition coefficient (Wildman–Crippen LogP) is 0.0599. The fraction of sp³-hybridized carbons (Fsp3) is 0.643. The molecule has 2 heterocycles. The SMILES string of the molecule is COC(CO)[C@H]1OC(C)(C)O[C@H]1N1C=CCC(C(N)=O)=C1. The number of ether oxygens (including phenoxy) is 3. The Labute approximate surface area is 123 Å². The quantitative estimate of drug-likeness (QED) is 0.745. The molecule has 7 heteroatoms. The number of aliphatic hydroxyl groups excluding tert-OH is 1. The van der Waals surface area contributed by atoms with Gasteiger partial charge in [-0.25, -0.2) is 0 Å². The van der Waals surface area contributed by atoms with E-state index in [1.54, 1.807) is 31.1 Å². The number of hydrogen-bond acceptors (Lipinski definition) is 6. The summed E-state index contributed by atoms with van der Waals surface area (Å²) in [5.41, 5.74) is 5.81. The van der Waals surface area contributed by atoms with Gasteiger partial charge in [-0.05, 0) is 20.3 Å². The number of amides is 1. The highest BCUT2D eigenvalue weighted by atomic mass is 16.8. The minimum absolute atomic E-state index is 0.193. The number of carbonyl (C=O) groups is 1. The van der Waals surface area contributed by atoms with Gasteiger partial charge in [0.25, 0.3) is 0 Å². The molecule has 2 aliphatic rings. The lowest BCUT2D eigenvalue weighted by Gasteiger charge is -2.31. The van der Waals surface area contributed by atoms with E-state index in [9.17, 15) is 9.90 Å². The van der Waals surface area contributed by atoms with Crippen molar-refractivity contribution >= 4 is 5.91 Å². The smallest absolute Gasteiger partial charge is 0.246 e. The second-order valence-electron chi connectivity index (χ2n) is 5.50. The molecule has 118 valence electrons. The van der Waals surface area contributed by atoms with Crippen molar-refractivity contribution in [1.29, 1.82) is 0 Å². The largest absolute Gasteiger partial charge is 0.394 e. The topological polar surface area (TPSA) is 94.2 Å². The predicted molar refractivity (Wildman–Crippen MR) is 74.6 cm³/mol. The molecule has 1 amide bonds. The first-order valence-electron chi connectivity index (χ1n) is 6.82. The molecule has 7 nitrogen and oxygen atoms in total. The van der Waals surface area contributed by atoms with Crippen molar-refractivity contribution in [3.63, 3.8) is 0 Å². The van der Waals surface area contributed by atoms with E-state index < -0.39 is 30.1 Å². The van der Waals surface area contributed by atoms with Gasteiger partial charge in [0.05, 0.1) is 6.61 Å². The molecule has 21 heavy (non-hydrogen) atoms. The van der Waals surface area contributed by atoms with E-state index in [-0.39, 0.29) is 6.61 Å². The maximum atomic E-state index is 11.3. The van der Waals surface area contributed by atoms with Crippen LogP contribution in [0.1, 0.15) is 20.3 Å². The monoisotopic (exact) mass is 298 g/mol. The van der Waals surface area contributed by atoms with Gasteiger partial charge in [0.2, 0.25) is 5.91 Å². The van der Waals surface area contributed by atoms with Crippen molar-refractivity contribution in [1.82, 2.24) is 4.90 Å². The summed E-state index contributed by atoms with van der Waals surface area (Å²) in [5.74, 6) is -1.28. The maximum absolute atomic E-state index is 11.3. The molecule has 0 saturated carbocycles. The summed E-state index contributed by atoms with van der Waals surface area (Å²) in [7, 11) is 1.50. The zero-order valence-corrected chi connectivity index (χ0v) is 12.5. The van der Waals surface area contributed by atoms with Crippen LogP contribution in [-0.2, 0) is 19.0 Å². The van der Waals surface area contributed by atoms with Gasteiger partial charge < -0.3 is 30.0 Å². The van der Waals surface area contributed by atoms with Crippen molar-refractivity contribution in [3.8, 4) is 0 Å². The molecule has 0 aromatic heterocycles. The van der Waals surface area contributed by atoms with Crippen LogP contribution in [0.15, 0.2) is 24.0 Å². The van der Waals surface area contributed by atoms with E-state index in [2.05, 4.69) is 0 Å². The standard InChI is InChI=1S/C14H22N2O5/c1-14(2)20-11(10(8-17)19-3)13(21-14)16-6-4-5-9(7-16)12(15)18/h4,6-7,10-11,13,17H,5,8H2,1-3H3,(H2,15,18)/t10?,11-,13-/m1/s1. The molecular weight excluding hydrogens is 276 g/mol. The number of hydrogen-bond donors (Lipinski definition) is 2. The molecule has 0 bridgehead atoms. The summed E-state index contributed by atoms with van der Waals surface area (Å²) in [4.78, 5) is 13.1. The van der Waals surface area contributed by atoms with Gasteiger partial charge in [0, 0.05) is 25.1 Å². The van der Waals surface area contributed by atoms with Gasteiger partial charge in [0.1, 0.15) is 12.2 Å². The average molecular weight is 298 g/mol. The number of nitrogens with two attached hydrogens (primary N) is 1. The number of rotatable bonds is 5. The maximum Gasteiger partial charge on any atom is 0.246 e. The van der Waals surface area contributed by atoms with Crippen molar-refractivity contribution in [3.05, 3.63) is 24.0 Å². The summed E-state index contributed by atoms with van der Waals surface area (Å²) in [6.07, 6.45) is 4.23. The molecule has 3 N–H and O–H groups in total. The lowest BCUT2D eigenvalue weighted by Crippen LogP contribution is -2.45. The fourth-order valence-electron chi connectivity index (χ4n) is 2.47. The summed E-state index contributed by atoms with van der Waals surface area (Å²) >= 11 is 0. The Morgan fingerprint density at radius 3 is 2.90 bits per heavy atom. The summed E-state index contributed by atoms with van der Waals surface area (Å²) in [6, 6.07) is 0. The normalized spacial score (nSPS) is 29.3. The molecule has 1 fully saturated rings. The van der Waals surface area contributed by atoms with Crippen molar-refractivity contribution in [2.45, 2.75) is 44.5 Å². The molecule has 0 spiro atoms. The number of nitrogens with zero attached hydrogens (tertiary/aromatic N) is 1. The first-order chi connectivity index (χ1) is 9.88. The van der Waals surface area contributed by atoms with E-state index in [4.69, 9.17) is 19.9 Å². The Hall–Kier alpha value is -1.41. The summed E-state index contributed by atoms with van der Waals surface area (Å²) in [5, 5.41) is 9.43. The molecule has 2 aliphatic heterocycles. The summed E-state index contributed by atoms with van der Waals surface area (Å²) in [6.45, 7) is 3.38. The summed E-state index contributed by atoms with van der Waals surface area (Å²) < 4.78 is 17.0. The minimum atomic E-state index is -0.812. The average Bonchev–Trinajstić information content (AvgIpc) is 2.76. The van der Waals surface area contributed by atoms with Crippen LogP contribution in [0.3, 0.4) is 0 Å². The van der Waals surface area contributed by atoms with Crippen LogP contribution in [0.25, 0.3) is 0 Å². The molecule has 0 aromatic rings. The van der Waals surface area contributed by atoms with Crippen LogP contribution in [0.2, 0.25) is 0 Å². The Morgan fingerprint density at radius 2 is 2.33 bits per heavy atom. The van der Waals surface area contributed by atoms with E-state index >= 15 is 0 Å². The highest BCUT2D eigenvalue weighted by molar-refractivity contribution is 5.92. The number of allylic oxidation sites excluding steroid dienone is 1. The van der Waals surface area contributed by atoms with E-state index in [1.807, 2.05) is 6.08 Å². The van der Waals surface area contributed by atoms with Gasteiger partial charge in [0.15, 0.2) is 12.0 Å². The Kier molecular flexibility index (Phi) is 4.67. The third kappa shape index (κ3) is 3.44. The lowest BCUT2D eigenvalue weighted by atomic mass is 10.1. The number of carbonyl (C=O) groups excluding carboxylic acids is 1. The molecule has 1 unspecified atom stereocenters. The highest BCUT2D eigenvalue weighted by Gasteiger charge is 2.47. The van der Waals surface area contributed by atoms with Crippen molar-refractivity contribution in [2.75, 3.05) is 13.7 Å². The molecule has 0 radical (unpaired) electrons. The molecule has 2 rings (SSSR count). The molecule has 0 aliphatic carbocycles. The number of aliphatic hydroxyl groups is 1. The second kappa shape index (κ2) is 6.15. The molecule has 0 aromatic carbocycles. The van der Waals surface area contributed by atoms with Crippen molar-refractivity contribution < 1.29 is 24.1 Å². The Balaban J connectivity index is 2.24. The van der Waals surface area contributed by atoms with E-state index in [0.29, 0.717) is 12.0 Å². The zero-order valence-electron chi connectivity index (χ0n) is 12.5. The number of methoxy groups -OCH3 is 1. The third-order valence-electron chi connectivity index (χ3n) is 3.49. The Bertz CT molecular complexity index is 456. The fourth-order valence-corrected chi connectivity index (χ4v) is 2.47. The highest BCUT2D eigenvalue weighted by Crippen LogP contribution is 2.34. The van der Waals surface area contributed by atoms with Crippen LogP contribution < -0.4 is 5.73 Å². The van der Waals surface area contributed by atoms with Crippen LogP contribution >= 0.6 is 0 Å². The van der Waals surface area contributed by atoms with Crippen LogP contribution in [0.4, 0.5) is 0 Å². The molecule has 1 saturated heterocycles. The van der Waals surface area contributed by atoms with Gasteiger partial charge in [-0.1, -0.05) is 6.08 Å². The van der Waals surface area contributed by atoms with Gasteiger partial charge >= 0.3 is 0 Å². The van der Waals surface area contributed by atoms with Crippen LogP contribution in [-0.4, -0.2) is 53.9 Å². The second-order valence-corrected chi connectivity index (χ2v) is 5.50. The van der Waals surface area contributed by atoms with E-state index in [0.717, 1.165) is 0 Å². The Morgan fingerprint density at radius 1 is 1.62 bits per heavy atom. The van der Waals surface area contributed by atoms with Gasteiger partial charge in [-0.15, -0.1) is 0 Å². The van der Waals surface area contributed by atoms with Gasteiger partial charge in [-0.2, -0.15) is 0 Å². The van der Waals surface area contributed by atoms with Crippen molar-refractivity contribution in [2.24, 2.45) is 5.73 Å². The molecular formula is C14H22N2O5. The van der Waals surface area contributed by atoms with Crippen LogP contribution in [0, 0.1) is 0 Å². The number of primary amides is 1. The molecule has 3 atom stereocenters. The van der Waals surface area contributed by atoms with E-state index in [1.165, 1.54) is 7.11 Å². The van der Waals surface area contributed by atoms with Gasteiger partial charge in [-0.3, -0.25) is 4.79 Å².